The predicted molar refractivity (Wildman–Crippen MR) is 135 cm³/mol. The molecule has 1 aliphatic rings. The first-order chi connectivity index (χ1) is 16.3. The van der Waals surface area contributed by atoms with Crippen molar-refractivity contribution in [1.29, 1.82) is 0 Å². The van der Waals surface area contributed by atoms with Gasteiger partial charge in [-0.05, 0) is 40.8 Å². The van der Waals surface area contributed by atoms with E-state index < -0.39 is 6.16 Å². The molecule has 0 saturated heterocycles. The highest BCUT2D eigenvalue weighted by atomic mass is 79.9. The Kier molecular flexibility index (Phi) is 7.12. The standard InChI is InChI=1S/C24H24BrN5.CH2O3/c1-15-7-9-17(10-8-15)22-21(25)23(26)30-24(29-22)19(14-28-30)18-11-12-20(27-13-18)16-5-3-2-4-6-16;2-1(3)4/h2-6,11-15,17H,7-10,26H2,1H3;(H2,2,3,4)/t15-,17-;. The number of pyridine rings is 1. The Morgan fingerprint density at radius 1 is 1.03 bits per heavy atom. The molecule has 176 valence electrons. The SMILES string of the molecule is C[C@H]1CC[C@H](c2nc3c(-c4ccc(-c5ccccc5)nc4)cnn3c(N)c2Br)CC1.O=C(O)O. The minimum absolute atomic E-state index is 0.434. The van der Waals surface area contributed by atoms with Crippen molar-refractivity contribution in [2.24, 2.45) is 5.92 Å². The Morgan fingerprint density at radius 3 is 2.32 bits per heavy atom. The highest BCUT2D eigenvalue weighted by molar-refractivity contribution is 9.10. The molecule has 3 aromatic heterocycles. The van der Waals surface area contributed by atoms with Crippen molar-refractivity contribution in [3.05, 3.63) is 65.0 Å². The Labute approximate surface area is 205 Å². The van der Waals surface area contributed by atoms with E-state index in [1.165, 1.54) is 12.8 Å². The molecule has 0 atom stereocenters. The van der Waals surface area contributed by atoms with Crippen LogP contribution in [0.25, 0.3) is 28.0 Å². The number of fused-ring (bicyclic) bond motifs is 1. The van der Waals surface area contributed by atoms with Crippen LogP contribution in [0.15, 0.2) is 59.3 Å². The summed E-state index contributed by atoms with van der Waals surface area (Å²) < 4.78 is 2.60. The fraction of sp³-hybridized carbons (Fsp3) is 0.280. The molecule has 1 saturated carbocycles. The molecule has 1 fully saturated rings. The first-order valence-corrected chi connectivity index (χ1v) is 11.9. The second-order valence-electron chi connectivity index (χ2n) is 8.53. The number of benzene rings is 1. The van der Waals surface area contributed by atoms with E-state index in [0.717, 1.165) is 57.0 Å². The monoisotopic (exact) mass is 523 g/mol. The number of carbonyl (C=O) groups is 1. The van der Waals surface area contributed by atoms with Crippen molar-refractivity contribution in [1.82, 2.24) is 19.6 Å². The summed E-state index contributed by atoms with van der Waals surface area (Å²) in [6.45, 7) is 2.33. The minimum atomic E-state index is -1.83. The van der Waals surface area contributed by atoms with Crippen LogP contribution in [0.3, 0.4) is 0 Å². The molecule has 9 heteroatoms. The van der Waals surface area contributed by atoms with Crippen LogP contribution < -0.4 is 5.73 Å². The van der Waals surface area contributed by atoms with Crippen LogP contribution in [0.2, 0.25) is 0 Å². The highest BCUT2D eigenvalue weighted by Crippen LogP contribution is 2.40. The molecule has 34 heavy (non-hydrogen) atoms. The van der Waals surface area contributed by atoms with Crippen molar-refractivity contribution in [2.45, 2.75) is 38.5 Å². The van der Waals surface area contributed by atoms with Gasteiger partial charge < -0.3 is 15.9 Å². The molecule has 4 N–H and O–H groups in total. The van der Waals surface area contributed by atoms with Gasteiger partial charge in [-0.25, -0.2) is 9.78 Å². The third-order valence-corrected chi connectivity index (χ3v) is 7.01. The molecular weight excluding hydrogens is 498 g/mol. The van der Waals surface area contributed by atoms with E-state index in [-0.39, 0.29) is 0 Å². The summed E-state index contributed by atoms with van der Waals surface area (Å²) in [6, 6.07) is 14.3. The molecule has 8 nitrogen and oxygen atoms in total. The van der Waals surface area contributed by atoms with E-state index in [2.05, 4.69) is 51.1 Å². The Hall–Kier alpha value is -3.46. The number of rotatable bonds is 3. The zero-order valence-electron chi connectivity index (χ0n) is 18.7. The molecule has 0 amide bonds. The van der Waals surface area contributed by atoms with Gasteiger partial charge in [0.15, 0.2) is 5.65 Å². The second kappa shape index (κ2) is 10.2. The van der Waals surface area contributed by atoms with Crippen molar-refractivity contribution in [2.75, 3.05) is 5.73 Å². The van der Waals surface area contributed by atoms with E-state index in [0.29, 0.717) is 11.7 Å². The fourth-order valence-corrected chi connectivity index (χ4v) is 4.93. The molecule has 3 heterocycles. The fourth-order valence-electron chi connectivity index (χ4n) is 4.35. The number of aromatic nitrogens is 4. The molecule has 0 unspecified atom stereocenters. The molecule has 0 aliphatic heterocycles. The van der Waals surface area contributed by atoms with Crippen LogP contribution in [-0.2, 0) is 0 Å². The van der Waals surface area contributed by atoms with Crippen LogP contribution >= 0.6 is 15.9 Å². The minimum Gasteiger partial charge on any atom is -0.450 e. The summed E-state index contributed by atoms with van der Waals surface area (Å²) >= 11 is 3.69. The lowest BCUT2D eigenvalue weighted by molar-refractivity contribution is 0.137. The molecule has 1 aromatic carbocycles. The maximum Gasteiger partial charge on any atom is 0.503 e. The summed E-state index contributed by atoms with van der Waals surface area (Å²) in [5, 5.41) is 18.5. The molecule has 4 aromatic rings. The number of anilines is 1. The number of nitrogen functional groups attached to an aromatic ring is 1. The summed E-state index contributed by atoms with van der Waals surface area (Å²) in [5.74, 6) is 1.83. The number of hydrogen-bond acceptors (Lipinski definition) is 5. The van der Waals surface area contributed by atoms with Crippen LogP contribution in [0.5, 0.6) is 0 Å². The summed E-state index contributed by atoms with van der Waals surface area (Å²) in [6.07, 6.45) is 6.67. The first kappa shape index (κ1) is 23.7. The number of halogens is 1. The van der Waals surface area contributed by atoms with Crippen LogP contribution in [0.4, 0.5) is 10.6 Å². The summed E-state index contributed by atoms with van der Waals surface area (Å²) in [7, 11) is 0. The van der Waals surface area contributed by atoms with Gasteiger partial charge in [-0.15, -0.1) is 0 Å². The van der Waals surface area contributed by atoms with E-state index in [9.17, 15) is 0 Å². The summed E-state index contributed by atoms with van der Waals surface area (Å²) in [5.41, 5.74) is 12.3. The maximum atomic E-state index is 8.56. The van der Waals surface area contributed by atoms with Crippen molar-refractivity contribution >= 4 is 33.6 Å². The lowest BCUT2D eigenvalue weighted by Crippen LogP contribution is -2.15. The quantitative estimate of drug-likeness (QED) is 0.286. The molecule has 0 radical (unpaired) electrons. The number of carboxylic acid groups (broad SMARTS) is 2. The largest absolute Gasteiger partial charge is 0.503 e. The van der Waals surface area contributed by atoms with Crippen LogP contribution in [-0.4, -0.2) is 36.0 Å². The van der Waals surface area contributed by atoms with E-state index in [1.54, 1.807) is 4.52 Å². The zero-order valence-corrected chi connectivity index (χ0v) is 20.3. The van der Waals surface area contributed by atoms with E-state index in [4.69, 9.17) is 25.7 Å². The van der Waals surface area contributed by atoms with Gasteiger partial charge in [0.05, 0.1) is 22.1 Å². The van der Waals surface area contributed by atoms with Gasteiger partial charge in [0, 0.05) is 28.8 Å². The van der Waals surface area contributed by atoms with Gasteiger partial charge in [0.2, 0.25) is 0 Å². The molecule has 0 bridgehead atoms. The van der Waals surface area contributed by atoms with E-state index in [1.807, 2.05) is 36.7 Å². The molecular formula is C25H26BrN5O3. The molecule has 1 aliphatic carbocycles. The lowest BCUT2D eigenvalue weighted by Gasteiger charge is -2.26. The Balaban J connectivity index is 0.000000636. The van der Waals surface area contributed by atoms with E-state index >= 15 is 0 Å². The number of nitrogens with two attached hydrogens (primary N) is 1. The number of hydrogen-bond donors (Lipinski definition) is 3. The van der Waals surface area contributed by atoms with Gasteiger partial charge >= 0.3 is 6.16 Å². The molecule has 5 rings (SSSR count). The molecule has 0 spiro atoms. The highest BCUT2D eigenvalue weighted by Gasteiger charge is 2.26. The van der Waals surface area contributed by atoms with Crippen LogP contribution in [0, 0.1) is 5.92 Å². The van der Waals surface area contributed by atoms with Gasteiger partial charge in [-0.1, -0.05) is 56.2 Å². The average Bonchev–Trinajstić information content (AvgIpc) is 3.26. The second-order valence-corrected chi connectivity index (χ2v) is 9.32. The van der Waals surface area contributed by atoms with Crippen molar-refractivity contribution < 1.29 is 15.0 Å². The Morgan fingerprint density at radius 2 is 1.71 bits per heavy atom. The van der Waals surface area contributed by atoms with Gasteiger partial charge in [0.25, 0.3) is 0 Å². The lowest BCUT2D eigenvalue weighted by atomic mass is 9.81. The van der Waals surface area contributed by atoms with Crippen molar-refractivity contribution in [3.8, 4) is 22.4 Å². The average molecular weight is 524 g/mol. The predicted octanol–water partition coefficient (Wildman–Crippen LogP) is 6.32. The first-order valence-electron chi connectivity index (χ1n) is 11.1. The van der Waals surface area contributed by atoms with Crippen molar-refractivity contribution in [3.63, 3.8) is 0 Å². The zero-order chi connectivity index (χ0) is 24.2. The third kappa shape index (κ3) is 5.04. The third-order valence-electron chi connectivity index (χ3n) is 6.19. The van der Waals surface area contributed by atoms with Gasteiger partial charge in [0.1, 0.15) is 5.82 Å². The maximum absolute atomic E-state index is 8.56. The smallest absolute Gasteiger partial charge is 0.450 e. The summed E-state index contributed by atoms with van der Waals surface area (Å²) in [4.78, 5) is 18.3. The number of nitrogens with zero attached hydrogens (tertiary/aromatic N) is 4. The van der Waals surface area contributed by atoms with Crippen LogP contribution in [0.1, 0.15) is 44.2 Å². The topological polar surface area (TPSA) is 127 Å². The normalized spacial score (nSPS) is 17.7. The van der Waals surface area contributed by atoms with Gasteiger partial charge in [-0.3, -0.25) is 4.98 Å². The van der Waals surface area contributed by atoms with Gasteiger partial charge in [-0.2, -0.15) is 9.61 Å². The Bertz CT molecular complexity index is 1280.